The number of aryl methyl sites for hydroxylation is 2. The van der Waals surface area contributed by atoms with Crippen LogP contribution in [0, 0.1) is 13.8 Å². The van der Waals surface area contributed by atoms with E-state index < -0.39 is 9.84 Å². The Bertz CT molecular complexity index is 847. The molecule has 6 nitrogen and oxygen atoms in total. The normalized spacial score (nSPS) is 18.9. The number of aromatic nitrogens is 2. The Kier molecular flexibility index (Phi) is 4.94. The van der Waals surface area contributed by atoms with Crippen LogP contribution in [0.15, 0.2) is 30.6 Å². The van der Waals surface area contributed by atoms with Gasteiger partial charge in [0, 0.05) is 24.3 Å². The molecule has 3 rings (SSSR count). The summed E-state index contributed by atoms with van der Waals surface area (Å²) in [5, 5.41) is 3.37. The van der Waals surface area contributed by atoms with Crippen molar-refractivity contribution >= 4 is 27.2 Å². The van der Waals surface area contributed by atoms with Crippen molar-refractivity contribution in [3.05, 3.63) is 41.7 Å². The van der Waals surface area contributed by atoms with Gasteiger partial charge in [0.05, 0.1) is 11.5 Å². The first-order valence-electron chi connectivity index (χ1n) is 8.52. The number of rotatable bonds is 5. The Hall–Kier alpha value is -2.15. The van der Waals surface area contributed by atoms with Crippen LogP contribution < -0.4 is 10.2 Å². The largest absolute Gasteiger partial charge is 0.353 e. The van der Waals surface area contributed by atoms with E-state index in [-0.39, 0.29) is 17.5 Å². The van der Waals surface area contributed by atoms with E-state index in [0.29, 0.717) is 18.8 Å². The number of anilines is 3. The van der Waals surface area contributed by atoms with E-state index in [1.54, 1.807) is 0 Å². The Morgan fingerprint density at radius 3 is 2.56 bits per heavy atom. The molecule has 0 amide bonds. The summed E-state index contributed by atoms with van der Waals surface area (Å²) in [6.45, 7) is 6.84. The van der Waals surface area contributed by atoms with Crippen LogP contribution in [0.25, 0.3) is 0 Å². The maximum atomic E-state index is 11.8. The van der Waals surface area contributed by atoms with Gasteiger partial charge in [-0.1, -0.05) is 18.2 Å². The molecule has 1 aliphatic rings. The molecule has 1 saturated heterocycles. The van der Waals surface area contributed by atoms with Crippen LogP contribution in [0.2, 0.25) is 0 Å². The van der Waals surface area contributed by atoms with Gasteiger partial charge in [-0.15, -0.1) is 0 Å². The van der Waals surface area contributed by atoms with Gasteiger partial charge in [0.25, 0.3) is 0 Å². The first kappa shape index (κ1) is 17.7. The molecule has 2 heterocycles. The number of sulfone groups is 1. The minimum Gasteiger partial charge on any atom is -0.353 e. The fraction of sp³-hybridized carbons (Fsp3) is 0.444. The van der Waals surface area contributed by atoms with E-state index in [1.807, 2.05) is 19.1 Å². The summed E-state index contributed by atoms with van der Waals surface area (Å²) in [5.41, 5.74) is 3.34. The predicted molar refractivity (Wildman–Crippen MR) is 101 cm³/mol. The molecule has 1 N–H and O–H groups in total. The molecule has 2 aromatic rings. The Balaban J connectivity index is 1.85. The quantitative estimate of drug-likeness (QED) is 0.884. The fourth-order valence-electron chi connectivity index (χ4n) is 3.34. The molecule has 0 radical (unpaired) electrons. The smallest absolute Gasteiger partial charge is 0.152 e. The van der Waals surface area contributed by atoms with Gasteiger partial charge >= 0.3 is 0 Å². The second-order valence-electron chi connectivity index (χ2n) is 6.50. The maximum absolute atomic E-state index is 11.8. The Morgan fingerprint density at radius 1 is 1.24 bits per heavy atom. The van der Waals surface area contributed by atoms with E-state index in [9.17, 15) is 8.42 Å². The van der Waals surface area contributed by atoms with Crippen LogP contribution in [0.1, 0.15) is 24.5 Å². The second kappa shape index (κ2) is 7.00. The summed E-state index contributed by atoms with van der Waals surface area (Å²) >= 11 is 0. The van der Waals surface area contributed by atoms with Gasteiger partial charge in [0.1, 0.15) is 18.0 Å². The van der Waals surface area contributed by atoms with Crippen LogP contribution >= 0.6 is 0 Å². The first-order valence-corrected chi connectivity index (χ1v) is 10.3. The molecule has 1 unspecified atom stereocenters. The zero-order chi connectivity index (χ0) is 18.0. The highest BCUT2D eigenvalue weighted by Gasteiger charge is 2.32. The first-order chi connectivity index (χ1) is 11.9. The summed E-state index contributed by atoms with van der Waals surface area (Å²) in [7, 11) is -2.93. The third-order valence-corrected chi connectivity index (χ3v) is 6.42. The van der Waals surface area contributed by atoms with E-state index in [0.717, 1.165) is 22.6 Å². The highest BCUT2D eigenvalue weighted by Crippen LogP contribution is 2.27. The lowest BCUT2D eigenvalue weighted by Crippen LogP contribution is -2.36. The molecule has 134 valence electrons. The highest BCUT2D eigenvalue weighted by molar-refractivity contribution is 7.91. The minimum atomic E-state index is -2.93. The lowest BCUT2D eigenvalue weighted by molar-refractivity contribution is 0.599. The topological polar surface area (TPSA) is 75.2 Å². The van der Waals surface area contributed by atoms with Crippen LogP contribution in [0.4, 0.5) is 17.3 Å². The molecule has 1 atom stereocenters. The molecule has 1 aromatic heterocycles. The number of hydrogen-bond donors (Lipinski definition) is 1. The van der Waals surface area contributed by atoms with Gasteiger partial charge in [-0.05, 0) is 38.3 Å². The van der Waals surface area contributed by atoms with Crippen molar-refractivity contribution in [2.45, 2.75) is 33.2 Å². The Labute approximate surface area is 149 Å². The summed E-state index contributed by atoms with van der Waals surface area (Å²) in [5.74, 6) is 1.92. The van der Waals surface area contributed by atoms with Crippen molar-refractivity contribution in [1.29, 1.82) is 0 Å². The lowest BCUT2D eigenvalue weighted by atomic mass is 10.1. The van der Waals surface area contributed by atoms with E-state index >= 15 is 0 Å². The average Bonchev–Trinajstić information content (AvgIpc) is 2.92. The number of benzene rings is 1. The average molecular weight is 360 g/mol. The number of hydrogen-bond acceptors (Lipinski definition) is 6. The third-order valence-electron chi connectivity index (χ3n) is 4.67. The van der Waals surface area contributed by atoms with Crippen molar-refractivity contribution < 1.29 is 8.42 Å². The molecule has 0 aliphatic carbocycles. The van der Waals surface area contributed by atoms with Gasteiger partial charge in [-0.2, -0.15) is 0 Å². The maximum Gasteiger partial charge on any atom is 0.152 e. The summed E-state index contributed by atoms with van der Waals surface area (Å²) < 4.78 is 23.6. The highest BCUT2D eigenvalue weighted by atomic mass is 32.2. The van der Waals surface area contributed by atoms with E-state index in [1.165, 1.54) is 6.33 Å². The van der Waals surface area contributed by atoms with Crippen LogP contribution in [-0.4, -0.2) is 42.5 Å². The third kappa shape index (κ3) is 3.92. The second-order valence-corrected chi connectivity index (χ2v) is 8.72. The number of nitrogens with zero attached hydrogens (tertiary/aromatic N) is 3. The van der Waals surface area contributed by atoms with Crippen molar-refractivity contribution in [1.82, 2.24) is 9.97 Å². The predicted octanol–water partition coefficient (Wildman–Crippen LogP) is 2.85. The van der Waals surface area contributed by atoms with Crippen molar-refractivity contribution in [3.63, 3.8) is 0 Å². The molecule has 1 aromatic carbocycles. The zero-order valence-corrected chi connectivity index (χ0v) is 15.7. The van der Waals surface area contributed by atoms with Crippen molar-refractivity contribution in [2.24, 2.45) is 0 Å². The number of para-hydroxylation sites is 1. The standard InChI is InChI=1S/C18H24N4O2S/c1-4-22(15-8-9-25(23,24)11-15)17-10-16(19-12-20-17)21-18-13(2)6-5-7-14(18)3/h5-7,10,12,15H,4,8-9,11H2,1-3H3,(H,19,20,21). The molecular weight excluding hydrogens is 336 g/mol. The molecular formula is C18H24N4O2S. The summed E-state index contributed by atoms with van der Waals surface area (Å²) in [6, 6.07) is 8.01. The molecule has 0 bridgehead atoms. The van der Waals surface area contributed by atoms with Gasteiger partial charge < -0.3 is 10.2 Å². The van der Waals surface area contributed by atoms with Gasteiger partial charge in [0.2, 0.25) is 0 Å². The van der Waals surface area contributed by atoms with Crippen molar-refractivity contribution in [3.8, 4) is 0 Å². The van der Waals surface area contributed by atoms with E-state index in [2.05, 4.69) is 46.2 Å². The SMILES string of the molecule is CCN(c1cc(Nc2c(C)cccc2C)ncn1)C1CCS(=O)(=O)C1. The van der Waals surface area contributed by atoms with Crippen LogP contribution in [0.5, 0.6) is 0 Å². The van der Waals surface area contributed by atoms with Gasteiger partial charge in [0.15, 0.2) is 9.84 Å². The molecule has 1 fully saturated rings. The zero-order valence-electron chi connectivity index (χ0n) is 14.9. The van der Waals surface area contributed by atoms with Crippen LogP contribution in [-0.2, 0) is 9.84 Å². The molecule has 0 spiro atoms. The molecule has 7 heteroatoms. The Morgan fingerprint density at radius 2 is 1.96 bits per heavy atom. The van der Waals surface area contributed by atoms with Gasteiger partial charge in [-0.3, -0.25) is 0 Å². The van der Waals surface area contributed by atoms with E-state index in [4.69, 9.17) is 0 Å². The summed E-state index contributed by atoms with van der Waals surface area (Å²) in [4.78, 5) is 10.7. The fourth-order valence-corrected chi connectivity index (χ4v) is 5.07. The van der Waals surface area contributed by atoms with Crippen LogP contribution in [0.3, 0.4) is 0 Å². The number of nitrogens with one attached hydrogen (secondary N) is 1. The van der Waals surface area contributed by atoms with Gasteiger partial charge in [-0.25, -0.2) is 18.4 Å². The minimum absolute atomic E-state index is 0.0158. The summed E-state index contributed by atoms with van der Waals surface area (Å²) in [6.07, 6.45) is 2.18. The molecule has 25 heavy (non-hydrogen) atoms. The lowest BCUT2D eigenvalue weighted by Gasteiger charge is -2.28. The molecule has 1 aliphatic heterocycles. The van der Waals surface area contributed by atoms with Crippen molar-refractivity contribution in [2.75, 3.05) is 28.3 Å². The molecule has 0 saturated carbocycles. The monoisotopic (exact) mass is 360 g/mol.